The van der Waals surface area contributed by atoms with Crippen molar-refractivity contribution in [2.45, 2.75) is 43.5 Å². The van der Waals surface area contributed by atoms with Crippen LogP contribution in [0.2, 0.25) is 0 Å². The van der Waals surface area contributed by atoms with Crippen LogP contribution in [-0.4, -0.2) is 63.8 Å². The number of aromatic nitrogens is 1. The third-order valence-electron chi connectivity index (χ3n) is 6.30. The van der Waals surface area contributed by atoms with E-state index < -0.39 is 10.0 Å². The van der Waals surface area contributed by atoms with E-state index in [4.69, 9.17) is 14.0 Å². The third-order valence-corrected chi connectivity index (χ3v) is 8.07. The Kier molecular flexibility index (Phi) is 6.55. The van der Waals surface area contributed by atoms with Crippen LogP contribution in [-0.2, 0) is 19.6 Å². The zero-order chi connectivity index (χ0) is 22.9. The molecular formula is C22H29N3O6S. The summed E-state index contributed by atoms with van der Waals surface area (Å²) in [6.07, 6.45) is 0.950. The van der Waals surface area contributed by atoms with Crippen molar-refractivity contribution < 1.29 is 27.2 Å². The van der Waals surface area contributed by atoms with Gasteiger partial charge in [-0.1, -0.05) is 17.3 Å². The number of aryl methyl sites for hydroxylation is 2. The molecule has 1 saturated heterocycles. The Morgan fingerprint density at radius 2 is 1.84 bits per heavy atom. The largest absolute Gasteiger partial charge is 0.497 e. The van der Waals surface area contributed by atoms with Gasteiger partial charge in [0.05, 0.1) is 20.3 Å². The number of ether oxygens (including phenoxy) is 2. The van der Waals surface area contributed by atoms with E-state index in [0.29, 0.717) is 44.8 Å². The van der Waals surface area contributed by atoms with E-state index in [2.05, 4.69) is 9.88 Å². The van der Waals surface area contributed by atoms with Crippen LogP contribution >= 0.6 is 0 Å². The number of amides is 1. The first-order valence-corrected chi connectivity index (χ1v) is 12.2. The number of hydrogen-bond acceptors (Lipinski definition) is 7. The SMILES string of the molecule is COc1ccc([C@H]2C[C@H](NS(=O)(=O)c3c(C)noc3C)C[C@@H]2C(=O)N2CCOCC2)cc1. The molecule has 1 amide bonds. The van der Waals surface area contributed by atoms with Gasteiger partial charge in [-0.3, -0.25) is 4.79 Å². The Balaban J connectivity index is 1.59. The standard InChI is InChI=1S/C22H29N3O6S/c1-14-21(15(2)31-23-14)32(27,28)24-17-12-19(16-4-6-18(29-3)7-5-16)20(13-17)22(26)25-8-10-30-11-9-25/h4-7,17,19-20,24H,8-13H2,1-3H3/t17-,19+,20-/m0/s1. The van der Waals surface area contributed by atoms with Crippen molar-refractivity contribution in [2.24, 2.45) is 5.92 Å². The Hall–Kier alpha value is -2.43. The fraction of sp³-hybridized carbons (Fsp3) is 0.545. The molecule has 1 saturated carbocycles. The molecule has 2 aliphatic rings. The van der Waals surface area contributed by atoms with Gasteiger partial charge in [-0.2, -0.15) is 0 Å². The molecule has 1 aromatic heterocycles. The Morgan fingerprint density at radius 3 is 2.44 bits per heavy atom. The topological polar surface area (TPSA) is 111 Å². The summed E-state index contributed by atoms with van der Waals surface area (Å²) < 4.78 is 44.6. The maximum absolute atomic E-state index is 13.4. The average Bonchev–Trinajstić information content (AvgIpc) is 3.36. The second-order valence-electron chi connectivity index (χ2n) is 8.37. The molecule has 2 aromatic rings. The molecule has 0 bridgehead atoms. The smallest absolute Gasteiger partial charge is 0.246 e. The van der Waals surface area contributed by atoms with Crippen LogP contribution < -0.4 is 9.46 Å². The monoisotopic (exact) mass is 463 g/mol. The Morgan fingerprint density at radius 1 is 1.16 bits per heavy atom. The molecule has 0 spiro atoms. The zero-order valence-electron chi connectivity index (χ0n) is 18.5. The first kappa shape index (κ1) is 22.8. The number of methoxy groups -OCH3 is 1. The summed E-state index contributed by atoms with van der Waals surface area (Å²) in [5, 5.41) is 3.76. The van der Waals surface area contributed by atoms with Crippen molar-refractivity contribution in [3.63, 3.8) is 0 Å². The Labute approximate surface area is 188 Å². The van der Waals surface area contributed by atoms with Gasteiger partial charge in [-0.05, 0) is 50.3 Å². The predicted octanol–water partition coefficient (Wildman–Crippen LogP) is 2.00. The average molecular weight is 464 g/mol. The molecule has 0 radical (unpaired) electrons. The molecule has 4 rings (SSSR count). The van der Waals surface area contributed by atoms with Gasteiger partial charge in [-0.15, -0.1) is 0 Å². The summed E-state index contributed by atoms with van der Waals surface area (Å²) in [6, 6.07) is 7.26. The fourth-order valence-corrected chi connectivity index (χ4v) is 6.37. The Bertz CT molecular complexity index is 1040. The van der Waals surface area contributed by atoms with Gasteiger partial charge in [0.1, 0.15) is 16.3 Å². The predicted molar refractivity (Wildman–Crippen MR) is 116 cm³/mol. The minimum absolute atomic E-state index is 0.0492. The maximum atomic E-state index is 13.4. The molecule has 174 valence electrons. The summed E-state index contributed by atoms with van der Waals surface area (Å²) in [7, 11) is -2.22. The molecule has 32 heavy (non-hydrogen) atoms. The maximum Gasteiger partial charge on any atom is 0.246 e. The summed E-state index contributed by atoms with van der Waals surface area (Å²) in [5.74, 6) is 0.611. The summed E-state index contributed by atoms with van der Waals surface area (Å²) in [4.78, 5) is 15.3. The number of nitrogens with zero attached hydrogens (tertiary/aromatic N) is 2. The lowest BCUT2D eigenvalue weighted by Gasteiger charge is -2.31. The van der Waals surface area contributed by atoms with Crippen LogP contribution in [0.4, 0.5) is 0 Å². The van der Waals surface area contributed by atoms with Gasteiger partial charge < -0.3 is 18.9 Å². The van der Waals surface area contributed by atoms with Gasteiger partial charge >= 0.3 is 0 Å². The highest BCUT2D eigenvalue weighted by molar-refractivity contribution is 7.89. The highest BCUT2D eigenvalue weighted by atomic mass is 32.2. The van der Waals surface area contributed by atoms with E-state index in [0.717, 1.165) is 11.3 Å². The van der Waals surface area contributed by atoms with Crippen molar-refractivity contribution in [3.05, 3.63) is 41.3 Å². The van der Waals surface area contributed by atoms with Crippen LogP contribution in [0.1, 0.15) is 35.8 Å². The van der Waals surface area contributed by atoms with E-state index in [9.17, 15) is 13.2 Å². The van der Waals surface area contributed by atoms with Gasteiger partial charge in [-0.25, -0.2) is 13.1 Å². The molecule has 2 heterocycles. The molecule has 2 fully saturated rings. The molecule has 1 aromatic carbocycles. The van der Waals surface area contributed by atoms with Crippen molar-refractivity contribution in [3.8, 4) is 5.75 Å². The number of benzene rings is 1. The van der Waals surface area contributed by atoms with E-state index in [1.165, 1.54) is 0 Å². The van der Waals surface area contributed by atoms with Crippen molar-refractivity contribution in [1.82, 2.24) is 14.8 Å². The molecule has 9 nitrogen and oxygen atoms in total. The minimum atomic E-state index is -3.82. The number of hydrogen-bond donors (Lipinski definition) is 1. The third kappa shape index (κ3) is 4.53. The lowest BCUT2D eigenvalue weighted by Crippen LogP contribution is -2.44. The first-order valence-electron chi connectivity index (χ1n) is 10.8. The molecular weight excluding hydrogens is 434 g/mol. The van der Waals surface area contributed by atoms with Gasteiger partial charge in [0, 0.05) is 25.0 Å². The number of nitrogens with one attached hydrogen (secondary N) is 1. The molecule has 1 aliphatic heterocycles. The number of carbonyl (C=O) groups is 1. The second kappa shape index (κ2) is 9.21. The highest BCUT2D eigenvalue weighted by Crippen LogP contribution is 2.42. The van der Waals surface area contributed by atoms with Crippen molar-refractivity contribution in [1.29, 1.82) is 0 Å². The number of morpholine rings is 1. The molecule has 3 atom stereocenters. The number of carbonyl (C=O) groups excluding carboxylic acids is 1. The van der Waals surface area contributed by atoms with Crippen LogP contribution in [0.3, 0.4) is 0 Å². The van der Waals surface area contributed by atoms with Crippen molar-refractivity contribution in [2.75, 3.05) is 33.4 Å². The lowest BCUT2D eigenvalue weighted by atomic mass is 9.88. The molecule has 1 aliphatic carbocycles. The lowest BCUT2D eigenvalue weighted by molar-refractivity contribution is -0.140. The summed E-state index contributed by atoms with van der Waals surface area (Å²) in [6.45, 7) is 5.33. The van der Waals surface area contributed by atoms with Crippen molar-refractivity contribution >= 4 is 15.9 Å². The summed E-state index contributed by atoms with van der Waals surface area (Å²) >= 11 is 0. The van der Waals surface area contributed by atoms with Crippen LogP contribution in [0.25, 0.3) is 0 Å². The van der Waals surface area contributed by atoms with E-state index in [-0.39, 0.29) is 34.4 Å². The van der Waals surface area contributed by atoms with Crippen LogP contribution in [0.15, 0.2) is 33.7 Å². The van der Waals surface area contributed by atoms with Gasteiger partial charge in [0.25, 0.3) is 0 Å². The van der Waals surface area contributed by atoms with Crippen LogP contribution in [0, 0.1) is 19.8 Å². The molecule has 10 heteroatoms. The second-order valence-corrected chi connectivity index (χ2v) is 10.0. The summed E-state index contributed by atoms with van der Waals surface area (Å²) in [5.41, 5.74) is 1.32. The van der Waals surface area contributed by atoms with E-state index >= 15 is 0 Å². The van der Waals surface area contributed by atoms with E-state index in [1.807, 2.05) is 29.2 Å². The first-order chi connectivity index (χ1) is 15.3. The number of rotatable bonds is 6. The van der Waals surface area contributed by atoms with Gasteiger partial charge in [0.15, 0.2) is 5.76 Å². The number of sulfonamides is 1. The molecule has 1 N–H and O–H groups in total. The minimum Gasteiger partial charge on any atom is -0.497 e. The zero-order valence-corrected chi connectivity index (χ0v) is 19.4. The van der Waals surface area contributed by atoms with Gasteiger partial charge in [0.2, 0.25) is 15.9 Å². The fourth-order valence-electron chi connectivity index (χ4n) is 4.78. The highest BCUT2D eigenvalue weighted by Gasteiger charge is 2.43. The normalized spacial score (nSPS) is 24.0. The van der Waals surface area contributed by atoms with E-state index in [1.54, 1.807) is 21.0 Å². The van der Waals surface area contributed by atoms with Crippen LogP contribution in [0.5, 0.6) is 5.75 Å². The molecule has 0 unspecified atom stereocenters. The quantitative estimate of drug-likeness (QED) is 0.697.